The number of halogens is 1. The number of alkyl halides is 1. The maximum atomic E-state index is 15.1. The van der Waals surface area contributed by atoms with Crippen molar-refractivity contribution in [3.8, 4) is 10.4 Å². The van der Waals surface area contributed by atoms with Crippen LogP contribution in [0.1, 0.15) is 55.4 Å². The number of likely N-dealkylation sites (tertiary alicyclic amines) is 1. The number of aryl methyl sites for hydroxylation is 2. The first-order valence-corrected chi connectivity index (χ1v) is 12.8. The van der Waals surface area contributed by atoms with Crippen LogP contribution >= 0.6 is 11.3 Å². The molecule has 1 aliphatic heterocycles. The van der Waals surface area contributed by atoms with Crippen LogP contribution in [0.25, 0.3) is 10.4 Å². The lowest BCUT2D eigenvalue weighted by molar-refractivity contribution is -0.142. The van der Waals surface area contributed by atoms with E-state index in [1.54, 1.807) is 36.8 Å². The van der Waals surface area contributed by atoms with Crippen molar-refractivity contribution in [2.75, 3.05) is 6.54 Å². The Morgan fingerprint density at radius 3 is 2.47 bits per heavy atom. The molecule has 1 fully saturated rings. The minimum absolute atomic E-state index is 0.191. The van der Waals surface area contributed by atoms with Gasteiger partial charge in [0.25, 0.3) is 0 Å². The number of aliphatic hydroxyl groups excluding tert-OH is 1. The number of hydrogen-bond donors (Lipinski definition) is 2. The van der Waals surface area contributed by atoms with Crippen LogP contribution in [-0.2, 0) is 9.59 Å². The molecule has 10 heteroatoms. The van der Waals surface area contributed by atoms with Crippen molar-refractivity contribution in [3.63, 3.8) is 0 Å². The molecule has 2 amide bonds. The number of carbonyl (C=O) groups is 2. The van der Waals surface area contributed by atoms with Crippen LogP contribution in [0, 0.1) is 19.8 Å². The molecule has 0 spiro atoms. The minimum Gasteiger partial charge on any atom is -0.388 e. The van der Waals surface area contributed by atoms with Crippen LogP contribution in [0.15, 0.2) is 40.4 Å². The summed E-state index contributed by atoms with van der Waals surface area (Å²) in [6.07, 6.45) is -3.35. The average Bonchev–Trinajstić information content (AvgIpc) is 3.53. The van der Waals surface area contributed by atoms with E-state index in [9.17, 15) is 14.7 Å². The van der Waals surface area contributed by atoms with Crippen molar-refractivity contribution >= 4 is 23.2 Å². The first-order valence-electron chi connectivity index (χ1n) is 11.9. The molecule has 3 heterocycles. The number of thiazole rings is 1. The Balaban J connectivity index is 1.51. The maximum absolute atomic E-state index is 15.1. The van der Waals surface area contributed by atoms with E-state index in [0.29, 0.717) is 11.5 Å². The van der Waals surface area contributed by atoms with Crippen molar-refractivity contribution in [1.82, 2.24) is 20.4 Å². The molecule has 0 radical (unpaired) electrons. The Bertz CT molecular complexity index is 1220. The molecule has 0 saturated carbocycles. The van der Waals surface area contributed by atoms with Crippen molar-refractivity contribution in [3.05, 3.63) is 58.6 Å². The predicted molar refractivity (Wildman–Crippen MR) is 134 cm³/mol. The highest BCUT2D eigenvalue weighted by molar-refractivity contribution is 7.13. The summed E-state index contributed by atoms with van der Waals surface area (Å²) in [7, 11) is 0. The second-order valence-electron chi connectivity index (χ2n) is 9.66. The van der Waals surface area contributed by atoms with Gasteiger partial charge in [0.15, 0.2) is 6.17 Å². The number of carbonyl (C=O) groups excluding carboxylic acids is 2. The quantitative estimate of drug-likeness (QED) is 0.494. The topological polar surface area (TPSA) is 109 Å². The highest BCUT2D eigenvalue weighted by Gasteiger charge is 2.50. The van der Waals surface area contributed by atoms with Crippen molar-refractivity contribution in [2.45, 2.75) is 64.9 Å². The Morgan fingerprint density at radius 2 is 1.92 bits per heavy atom. The number of amides is 2. The van der Waals surface area contributed by atoms with E-state index in [4.69, 9.17) is 4.52 Å². The van der Waals surface area contributed by atoms with E-state index >= 15 is 4.39 Å². The summed E-state index contributed by atoms with van der Waals surface area (Å²) in [5.74, 6) is -1.72. The van der Waals surface area contributed by atoms with Crippen LogP contribution in [0.2, 0.25) is 0 Å². The van der Waals surface area contributed by atoms with Gasteiger partial charge in [0.05, 0.1) is 34.4 Å². The van der Waals surface area contributed by atoms with E-state index < -0.39 is 42.1 Å². The normalized spacial score (nSPS) is 21.6. The molecule has 4 rings (SSSR count). The molecule has 1 saturated heterocycles. The van der Waals surface area contributed by atoms with Gasteiger partial charge in [-0.3, -0.25) is 9.59 Å². The van der Waals surface area contributed by atoms with Gasteiger partial charge in [-0.1, -0.05) is 43.3 Å². The molecule has 5 atom stereocenters. The van der Waals surface area contributed by atoms with Gasteiger partial charge in [0.1, 0.15) is 23.8 Å². The Morgan fingerprint density at radius 1 is 1.22 bits per heavy atom. The van der Waals surface area contributed by atoms with E-state index in [1.165, 1.54) is 0 Å². The summed E-state index contributed by atoms with van der Waals surface area (Å²) in [5, 5.41) is 16.9. The predicted octanol–water partition coefficient (Wildman–Crippen LogP) is 3.94. The smallest absolute Gasteiger partial charge is 0.246 e. The Kier molecular flexibility index (Phi) is 7.56. The van der Waals surface area contributed by atoms with Crippen LogP contribution in [0.3, 0.4) is 0 Å². The Hall–Kier alpha value is -3.11. The maximum Gasteiger partial charge on any atom is 0.246 e. The molecule has 2 aromatic heterocycles. The van der Waals surface area contributed by atoms with Gasteiger partial charge < -0.3 is 19.8 Å². The number of aliphatic hydroxyl groups is 1. The number of hydrogen-bond acceptors (Lipinski definition) is 7. The summed E-state index contributed by atoms with van der Waals surface area (Å²) >= 11 is 1.56. The number of nitrogens with one attached hydrogen (secondary N) is 1. The highest BCUT2D eigenvalue weighted by Crippen LogP contribution is 2.33. The second kappa shape index (κ2) is 10.5. The van der Waals surface area contributed by atoms with E-state index in [1.807, 2.05) is 45.0 Å². The molecule has 8 nitrogen and oxygen atoms in total. The zero-order chi connectivity index (χ0) is 26.1. The van der Waals surface area contributed by atoms with E-state index in [2.05, 4.69) is 15.5 Å². The summed E-state index contributed by atoms with van der Waals surface area (Å²) in [6, 6.07) is 7.50. The van der Waals surface area contributed by atoms with Gasteiger partial charge in [0.2, 0.25) is 11.8 Å². The third kappa shape index (κ3) is 5.05. The van der Waals surface area contributed by atoms with Crippen LogP contribution in [0.4, 0.5) is 4.39 Å². The SMILES string of the molecule is Cc1cc([C@H](C(=O)N2C[C@H](O)[C@H](F)C2C(=O)N[C@@H](C)c2ccc(-c3scnc3C)cc2)C(C)C)on1. The standard InChI is InChI=1S/C26H31FN4O4S/c1-13(2)21(20-10-14(3)30-35-20)26(34)31-11-19(32)22(27)23(31)25(33)29-15(4)17-6-8-18(9-7-17)24-16(5)28-12-36-24/h6-10,12-13,15,19,21-23,32H,11H2,1-5H3,(H,29,33)/t15-,19-,21+,22-,23?/m0/s1. The van der Waals surface area contributed by atoms with Gasteiger partial charge in [-0.2, -0.15) is 0 Å². The third-order valence-corrected chi connectivity index (χ3v) is 7.58. The molecule has 1 unspecified atom stereocenters. The van der Waals surface area contributed by atoms with Gasteiger partial charge >= 0.3 is 0 Å². The van der Waals surface area contributed by atoms with Crippen LogP contribution in [-0.4, -0.2) is 56.8 Å². The third-order valence-electron chi connectivity index (χ3n) is 6.60. The Labute approximate surface area is 213 Å². The molecule has 36 heavy (non-hydrogen) atoms. The molecule has 3 aromatic rings. The molecule has 192 valence electrons. The second-order valence-corrected chi connectivity index (χ2v) is 10.5. The summed E-state index contributed by atoms with van der Waals surface area (Å²) in [4.78, 5) is 33.2. The highest BCUT2D eigenvalue weighted by atomic mass is 32.1. The lowest BCUT2D eigenvalue weighted by atomic mass is 9.91. The fourth-order valence-electron chi connectivity index (χ4n) is 4.64. The zero-order valence-corrected chi connectivity index (χ0v) is 21.8. The average molecular weight is 515 g/mol. The summed E-state index contributed by atoms with van der Waals surface area (Å²) < 4.78 is 20.4. The largest absolute Gasteiger partial charge is 0.388 e. The monoisotopic (exact) mass is 514 g/mol. The lowest BCUT2D eigenvalue weighted by Gasteiger charge is -2.29. The lowest BCUT2D eigenvalue weighted by Crippen LogP contribution is -2.51. The van der Waals surface area contributed by atoms with Gasteiger partial charge in [-0.05, 0) is 37.8 Å². The minimum atomic E-state index is -1.90. The molecule has 1 aromatic carbocycles. The summed E-state index contributed by atoms with van der Waals surface area (Å²) in [6.45, 7) is 8.90. The molecular formula is C26H31FN4O4S. The number of nitrogens with zero attached hydrogens (tertiary/aromatic N) is 3. The first kappa shape index (κ1) is 26.0. The van der Waals surface area contributed by atoms with Gasteiger partial charge in [-0.25, -0.2) is 9.37 Å². The molecule has 0 bridgehead atoms. The van der Waals surface area contributed by atoms with Crippen LogP contribution in [0.5, 0.6) is 0 Å². The van der Waals surface area contributed by atoms with E-state index in [0.717, 1.165) is 26.6 Å². The zero-order valence-electron chi connectivity index (χ0n) is 20.9. The number of aromatic nitrogens is 2. The summed E-state index contributed by atoms with van der Waals surface area (Å²) in [5.41, 5.74) is 5.23. The number of benzene rings is 1. The first-order chi connectivity index (χ1) is 17.1. The fourth-order valence-corrected chi connectivity index (χ4v) is 5.45. The van der Waals surface area contributed by atoms with E-state index in [-0.39, 0.29) is 12.5 Å². The molecule has 0 aliphatic carbocycles. The van der Waals surface area contributed by atoms with Gasteiger partial charge in [0, 0.05) is 6.07 Å². The number of rotatable bonds is 7. The van der Waals surface area contributed by atoms with Gasteiger partial charge in [-0.15, -0.1) is 11.3 Å². The van der Waals surface area contributed by atoms with Crippen molar-refractivity contribution in [2.24, 2.45) is 5.92 Å². The van der Waals surface area contributed by atoms with Crippen molar-refractivity contribution < 1.29 is 23.6 Å². The van der Waals surface area contributed by atoms with Crippen molar-refractivity contribution in [1.29, 1.82) is 0 Å². The van der Waals surface area contributed by atoms with Crippen LogP contribution < -0.4 is 5.32 Å². The molecule has 1 aliphatic rings. The fraction of sp³-hybridized carbons (Fsp3) is 0.462. The molecular weight excluding hydrogens is 483 g/mol. The molecule has 2 N–H and O–H groups in total. The number of β-amino-alcohol motifs (C(OH)–C–C–N with tert-alkyl or cyclic N) is 1.